The number of benzene rings is 3. The van der Waals surface area contributed by atoms with Gasteiger partial charge in [0, 0.05) is 21.4 Å². The van der Waals surface area contributed by atoms with Crippen LogP contribution in [0.3, 0.4) is 0 Å². The molecule has 0 radical (unpaired) electrons. The summed E-state index contributed by atoms with van der Waals surface area (Å²) in [4.78, 5) is 35.8. The van der Waals surface area contributed by atoms with Crippen molar-refractivity contribution in [3.8, 4) is 0 Å². The first-order valence-electron chi connectivity index (χ1n) is 9.58. The van der Waals surface area contributed by atoms with Gasteiger partial charge in [-0.25, -0.2) is 4.98 Å². The van der Waals surface area contributed by atoms with Gasteiger partial charge in [-0.3, -0.25) is 14.5 Å². The molecular formula is C23H16Cl2N4O2. The van der Waals surface area contributed by atoms with Crippen LogP contribution in [-0.2, 0) is 15.1 Å². The molecule has 2 N–H and O–H groups in total. The maximum atomic E-state index is 13.7. The second-order valence-corrected chi connectivity index (χ2v) is 8.19. The van der Waals surface area contributed by atoms with Gasteiger partial charge in [-0.15, -0.1) is 0 Å². The zero-order valence-corrected chi connectivity index (χ0v) is 17.6. The molecule has 1 saturated heterocycles. The molecule has 1 unspecified atom stereocenters. The van der Waals surface area contributed by atoms with E-state index in [-0.39, 0.29) is 12.3 Å². The second-order valence-electron chi connectivity index (χ2n) is 7.31. The van der Waals surface area contributed by atoms with Crippen LogP contribution in [-0.4, -0.2) is 21.8 Å². The van der Waals surface area contributed by atoms with E-state index >= 15 is 0 Å². The van der Waals surface area contributed by atoms with Gasteiger partial charge in [-0.1, -0.05) is 47.5 Å². The summed E-state index contributed by atoms with van der Waals surface area (Å²) in [6.45, 7) is 0. The Hall–Kier alpha value is -3.35. The molecule has 1 fully saturated rings. The summed E-state index contributed by atoms with van der Waals surface area (Å²) in [7, 11) is 0. The molecule has 1 aliphatic heterocycles. The Balaban J connectivity index is 1.65. The first kappa shape index (κ1) is 19.6. The minimum Gasteiger partial charge on any atom is -0.339 e. The number of H-pyrrole nitrogens is 1. The average molecular weight is 451 g/mol. The molecule has 8 heteroatoms. The Morgan fingerprint density at radius 3 is 2.45 bits per heavy atom. The molecule has 0 spiro atoms. The van der Waals surface area contributed by atoms with Crippen molar-refractivity contribution in [2.24, 2.45) is 0 Å². The second kappa shape index (κ2) is 7.41. The van der Waals surface area contributed by atoms with Crippen LogP contribution < -0.4 is 10.2 Å². The van der Waals surface area contributed by atoms with Crippen molar-refractivity contribution >= 4 is 57.4 Å². The normalized spacial score (nSPS) is 18.1. The molecule has 31 heavy (non-hydrogen) atoms. The number of anilines is 2. The van der Waals surface area contributed by atoms with Crippen LogP contribution in [0.2, 0.25) is 10.0 Å². The number of halogens is 2. The van der Waals surface area contributed by atoms with E-state index in [0.717, 1.165) is 5.52 Å². The number of amides is 2. The Labute approximate surface area is 187 Å². The number of rotatable bonds is 4. The van der Waals surface area contributed by atoms with Crippen molar-refractivity contribution in [3.63, 3.8) is 0 Å². The maximum Gasteiger partial charge on any atom is 0.259 e. The SMILES string of the molecule is O=C1CC(C(=O)Nc2cccc(Cl)c2)(c2nc3ccccc3[nH]2)N1c1cccc(Cl)c1. The number of imidazole rings is 1. The number of carbonyl (C=O) groups is 2. The van der Waals surface area contributed by atoms with Crippen LogP contribution in [0.25, 0.3) is 11.0 Å². The van der Waals surface area contributed by atoms with E-state index in [1.54, 1.807) is 48.5 Å². The standard InChI is InChI=1S/C23H16Cl2N4O2/c24-14-5-3-7-16(11-14)26-22(31)23(21-27-18-9-1-2-10-19(18)28-21)13-20(30)29(23)17-8-4-6-15(25)12-17/h1-12H,13H2,(H,26,31)(H,27,28). The quantitative estimate of drug-likeness (QED) is 0.422. The molecule has 1 atom stereocenters. The van der Waals surface area contributed by atoms with Gasteiger partial charge in [0.05, 0.1) is 17.5 Å². The predicted molar refractivity (Wildman–Crippen MR) is 121 cm³/mol. The van der Waals surface area contributed by atoms with E-state index in [0.29, 0.717) is 32.8 Å². The van der Waals surface area contributed by atoms with Crippen LogP contribution >= 0.6 is 23.2 Å². The van der Waals surface area contributed by atoms with Crippen molar-refractivity contribution in [2.45, 2.75) is 12.0 Å². The fraction of sp³-hybridized carbons (Fsp3) is 0.0870. The molecular weight excluding hydrogens is 435 g/mol. The number of aromatic amines is 1. The molecule has 0 saturated carbocycles. The van der Waals surface area contributed by atoms with E-state index in [9.17, 15) is 9.59 Å². The average Bonchev–Trinajstić information content (AvgIpc) is 3.16. The highest BCUT2D eigenvalue weighted by atomic mass is 35.5. The van der Waals surface area contributed by atoms with E-state index in [1.165, 1.54) is 4.90 Å². The molecule has 6 nitrogen and oxygen atoms in total. The summed E-state index contributed by atoms with van der Waals surface area (Å²) in [6.07, 6.45) is -0.0360. The zero-order chi connectivity index (χ0) is 21.6. The van der Waals surface area contributed by atoms with Crippen LogP contribution in [0.5, 0.6) is 0 Å². The van der Waals surface area contributed by atoms with Crippen LogP contribution in [0.1, 0.15) is 12.2 Å². The number of hydrogen-bond acceptors (Lipinski definition) is 3. The zero-order valence-electron chi connectivity index (χ0n) is 16.1. The smallest absolute Gasteiger partial charge is 0.259 e. The predicted octanol–water partition coefficient (Wildman–Crippen LogP) is 5.14. The topological polar surface area (TPSA) is 78.1 Å². The van der Waals surface area contributed by atoms with Gasteiger partial charge in [-0.05, 0) is 48.5 Å². The highest BCUT2D eigenvalue weighted by molar-refractivity contribution is 6.31. The highest BCUT2D eigenvalue weighted by Crippen LogP contribution is 2.45. The fourth-order valence-electron chi connectivity index (χ4n) is 3.91. The third kappa shape index (κ3) is 3.24. The molecule has 3 aromatic carbocycles. The summed E-state index contributed by atoms with van der Waals surface area (Å²) in [5.74, 6) is -0.217. The number of hydrogen-bond donors (Lipinski definition) is 2. The molecule has 5 rings (SSSR count). The molecule has 2 heterocycles. The van der Waals surface area contributed by atoms with E-state index < -0.39 is 11.4 Å². The van der Waals surface area contributed by atoms with Crippen LogP contribution in [0.15, 0.2) is 72.8 Å². The number of fused-ring (bicyclic) bond motifs is 1. The van der Waals surface area contributed by atoms with Gasteiger partial charge in [0.15, 0.2) is 5.54 Å². The number of para-hydroxylation sites is 2. The molecule has 1 aromatic heterocycles. The molecule has 2 amide bonds. The lowest BCUT2D eigenvalue weighted by Gasteiger charge is -2.49. The van der Waals surface area contributed by atoms with Crippen LogP contribution in [0, 0.1) is 0 Å². The van der Waals surface area contributed by atoms with Gasteiger partial charge < -0.3 is 10.3 Å². The first-order valence-corrected chi connectivity index (χ1v) is 10.3. The van der Waals surface area contributed by atoms with Gasteiger partial charge in [0.2, 0.25) is 5.91 Å². The van der Waals surface area contributed by atoms with Crippen molar-refractivity contribution in [1.82, 2.24) is 9.97 Å². The number of nitrogens with zero attached hydrogens (tertiary/aromatic N) is 2. The van der Waals surface area contributed by atoms with Crippen molar-refractivity contribution in [3.05, 3.63) is 88.7 Å². The molecule has 1 aliphatic rings. The van der Waals surface area contributed by atoms with Crippen LogP contribution in [0.4, 0.5) is 11.4 Å². The van der Waals surface area contributed by atoms with Gasteiger partial charge >= 0.3 is 0 Å². The van der Waals surface area contributed by atoms with Crippen molar-refractivity contribution < 1.29 is 9.59 Å². The third-order valence-electron chi connectivity index (χ3n) is 5.34. The fourth-order valence-corrected chi connectivity index (χ4v) is 4.28. The monoisotopic (exact) mass is 450 g/mol. The molecule has 154 valence electrons. The Morgan fingerprint density at radius 1 is 1.00 bits per heavy atom. The van der Waals surface area contributed by atoms with E-state index in [2.05, 4.69) is 15.3 Å². The summed E-state index contributed by atoms with van der Waals surface area (Å²) in [5, 5.41) is 3.85. The lowest BCUT2D eigenvalue weighted by Crippen LogP contribution is -2.67. The van der Waals surface area contributed by atoms with Crippen molar-refractivity contribution in [1.29, 1.82) is 0 Å². The van der Waals surface area contributed by atoms with E-state index in [1.807, 2.05) is 24.3 Å². The maximum absolute atomic E-state index is 13.7. The summed E-state index contributed by atoms with van der Waals surface area (Å²) in [5.41, 5.74) is 1.17. The third-order valence-corrected chi connectivity index (χ3v) is 5.81. The van der Waals surface area contributed by atoms with Gasteiger partial charge in [0.25, 0.3) is 5.91 Å². The van der Waals surface area contributed by atoms with Gasteiger partial charge in [0.1, 0.15) is 5.82 Å². The van der Waals surface area contributed by atoms with Gasteiger partial charge in [-0.2, -0.15) is 0 Å². The lowest BCUT2D eigenvalue weighted by atomic mass is 9.81. The minimum absolute atomic E-state index is 0.0360. The molecule has 0 bridgehead atoms. The molecule has 4 aromatic rings. The summed E-state index contributed by atoms with van der Waals surface area (Å²) < 4.78 is 0. The molecule has 0 aliphatic carbocycles. The summed E-state index contributed by atoms with van der Waals surface area (Å²) >= 11 is 12.2. The highest BCUT2D eigenvalue weighted by Gasteiger charge is 2.60. The number of β-lactam (4-membered cyclic amide) rings is 1. The summed E-state index contributed by atoms with van der Waals surface area (Å²) in [6, 6.07) is 21.2. The number of nitrogens with one attached hydrogen (secondary N) is 2. The first-order chi connectivity index (χ1) is 15.0. The lowest BCUT2D eigenvalue weighted by molar-refractivity contribution is -0.137. The largest absolute Gasteiger partial charge is 0.339 e. The van der Waals surface area contributed by atoms with Crippen molar-refractivity contribution in [2.75, 3.05) is 10.2 Å². The van der Waals surface area contributed by atoms with E-state index in [4.69, 9.17) is 23.2 Å². The Bertz CT molecular complexity index is 1300. The number of aromatic nitrogens is 2. The Kier molecular flexibility index (Phi) is 4.68. The minimum atomic E-state index is -1.36. The number of carbonyl (C=O) groups excluding carboxylic acids is 2. The Morgan fingerprint density at radius 2 is 1.74 bits per heavy atom.